The van der Waals surface area contributed by atoms with Gasteiger partial charge in [-0.3, -0.25) is 0 Å². The highest BCUT2D eigenvalue weighted by Gasteiger charge is 2.13. The zero-order chi connectivity index (χ0) is 11.7. The van der Waals surface area contributed by atoms with E-state index in [0.717, 1.165) is 10.2 Å². The van der Waals surface area contributed by atoms with Crippen molar-refractivity contribution in [3.8, 4) is 0 Å². The maximum atomic E-state index is 11.4. The molecule has 0 saturated carbocycles. The minimum atomic E-state index is -0.464. The molecule has 6 heteroatoms. The van der Waals surface area contributed by atoms with Gasteiger partial charge in [0.25, 0.3) is 0 Å². The molecule has 2 heterocycles. The van der Waals surface area contributed by atoms with Gasteiger partial charge in [0.2, 0.25) is 5.82 Å². The minimum Gasteiger partial charge on any atom is -0.460 e. The predicted molar refractivity (Wildman–Crippen MR) is 62.3 cm³/mol. The number of ether oxygens (including phenoxy) is 1. The number of nitrogens with one attached hydrogen (secondary N) is 1. The van der Waals surface area contributed by atoms with Crippen LogP contribution in [0.15, 0.2) is 10.5 Å². The number of aromatic nitrogens is 3. The predicted octanol–water partition coefficient (Wildman–Crippen LogP) is 2.21. The molecule has 1 N–H and O–H groups in total. The van der Waals surface area contributed by atoms with Gasteiger partial charge in [-0.25, -0.2) is 14.8 Å². The van der Waals surface area contributed by atoms with Crippen molar-refractivity contribution in [1.29, 1.82) is 0 Å². The summed E-state index contributed by atoms with van der Waals surface area (Å²) in [7, 11) is 0. The summed E-state index contributed by atoms with van der Waals surface area (Å²) in [5.74, 6) is -0.281. The van der Waals surface area contributed by atoms with Gasteiger partial charge in [-0.2, -0.15) is 0 Å². The first kappa shape index (κ1) is 11.1. The lowest BCUT2D eigenvalue weighted by atomic mass is 10.3. The molecule has 84 valence electrons. The molecule has 16 heavy (non-hydrogen) atoms. The van der Waals surface area contributed by atoms with Crippen molar-refractivity contribution in [2.24, 2.45) is 0 Å². The number of hydrogen-bond donors (Lipinski definition) is 1. The van der Waals surface area contributed by atoms with E-state index in [1.807, 2.05) is 13.0 Å². The van der Waals surface area contributed by atoms with E-state index in [-0.39, 0.29) is 5.82 Å². The average Bonchev–Trinajstić information content (AvgIpc) is 2.62. The third-order valence-corrected chi connectivity index (χ3v) is 2.87. The lowest BCUT2D eigenvalue weighted by Gasteiger charge is -1.95. The molecule has 0 fully saturated rings. The van der Waals surface area contributed by atoms with Crippen molar-refractivity contribution in [3.05, 3.63) is 22.1 Å². The molecule has 0 aliphatic rings. The van der Waals surface area contributed by atoms with Gasteiger partial charge in [0.1, 0.15) is 0 Å². The number of rotatable bonds is 2. The van der Waals surface area contributed by atoms with E-state index in [9.17, 15) is 4.79 Å². The molecule has 2 rings (SSSR count). The number of fused-ring (bicyclic) bond motifs is 1. The fourth-order valence-electron chi connectivity index (χ4n) is 1.30. The number of halogens is 1. The SMILES string of the molecule is CCOC(=O)c1nc2nc(C)c(Br)cc2[nH]1. The van der Waals surface area contributed by atoms with Crippen molar-refractivity contribution in [1.82, 2.24) is 15.0 Å². The number of esters is 1. The quantitative estimate of drug-likeness (QED) is 0.858. The van der Waals surface area contributed by atoms with E-state index >= 15 is 0 Å². The highest BCUT2D eigenvalue weighted by molar-refractivity contribution is 9.10. The summed E-state index contributed by atoms with van der Waals surface area (Å²) in [5, 5.41) is 0. The van der Waals surface area contributed by atoms with Crippen molar-refractivity contribution >= 4 is 33.1 Å². The van der Waals surface area contributed by atoms with Crippen molar-refractivity contribution in [3.63, 3.8) is 0 Å². The van der Waals surface area contributed by atoms with Gasteiger partial charge in [0.05, 0.1) is 17.8 Å². The van der Waals surface area contributed by atoms with Crippen LogP contribution in [0.4, 0.5) is 0 Å². The van der Waals surface area contributed by atoms with Crippen molar-refractivity contribution < 1.29 is 9.53 Å². The molecular weight excluding hydrogens is 274 g/mol. The van der Waals surface area contributed by atoms with Gasteiger partial charge in [-0.1, -0.05) is 0 Å². The maximum absolute atomic E-state index is 11.4. The Balaban J connectivity index is 2.48. The Labute approximate surface area is 100 Å². The second kappa shape index (κ2) is 4.21. The Morgan fingerprint density at radius 1 is 1.56 bits per heavy atom. The van der Waals surface area contributed by atoms with Crippen LogP contribution in [-0.2, 0) is 4.74 Å². The van der Waals surface area contributed by atoms with E-state index in [1.54, 1.807) is 6.92 Å². The van der Waals surface area contributed by atoms with Gasteiger partial charge >= 0.3 is 5.97 Å². The van der Waals surface area contributed by atoms with Crippen molar-refractivity contribution in [2.45, 2.75) is 13.8 Å². The number of carbonyl (C=O) groups is 1. The van der Waals surface area contributed by atoms with E-state index in [2.05, 4.69) is 30.9 Å². The largest absolute Gasteiger partial charge is 0.460 e. The summed E-state index contributed by atoms with van der Waals surface area (Å²) in [6.45, 7) is 3.94. The molecule has 0 unspecified atom stereocenters. The number of pyridine rings is 1. The lowest BCUT2D eigenvalue weighted by Crippen LogP contribution is -2.06. The molecular formula is C10H10BrN3O2. The van der Waals surface area contributed by atoms with Crippen LogP contribution in [0.1, 0.15) is 23.2 Å². The van der Waals surface area contributed by atoms with Crippen LogP contribution in [0, 0.1) is 6.92 Å². The van der Waals surface area contributed by atoms with Crippen LogP contribution in [-0.4, -0.2) is 27.5 Å². The van der Waals surface area contributed by atoms with Crippen molar-refractivity contribution in [2.75, 3.05) is 6.61 Å². The molecule has 0 aromatic carbocycles. The van der Waals surface area contributed by atoms with Crippen LogP contribution in [0.5, 0.6) is 0 Å². The Hall–Kier alpha value is -1.43. The molecule has 2 aromatic rings. The molecule has 5 nitrogen and oxygen atoms in total. The fourth-order valence-corrected chi connectivity index (χ4v) is 1.62. The van der Waals surface area contributed by atoms with Crippen LogP contribution in [0.2, 0.25) is 0 Å². The Bertz CT molecular complexity index is 511. The summed E-state index contributed by atoms with van der Waals surface area (Å²) in [5.41, 5.74) is 2.05. The minimum absolute atomic E-state index is 0.182. The molecule has 0 saturated heterocycles. The van der Waals surface area contributed by atoms with Crippen LogP contribution >= 0.6 is 15.9 Å². The fraction of sp³-hybridized carbons (Fsp3) is 0.300. The first-order valence-corrected chi connectivity index (χ1v) is 5.61. The molecule has 0 aliphatic heterocycles. The number of hydrogen-bond acceptors (Lipinski definition) is 4. The number of imidazole rings is 1. The monoisotopic (exact) mass is 283 g/mol. The molecule has 0 spiro atoms. The number of H-pyrrole nitrogens is 1. The summed E-state index contributed by atoms with van der Waals surface area (Å²) in [6, 6.07) is 1.84. The number of aromatic amines is 1. The summed E-state index contributed by atoms with van der Waals surface area (Å²) < 4.78 is 5.72. The molecule has 0 aliphatic carbocycles. The summed E-state index contributed by atoms with van der Waals surface area (Å²) >= 11 is 3.37. The van der Waals surface area contributed by atoms with Gasteiger partial charge < -0.3 is 9.72 Å². The normalized spacial score (nSPS) is 10.7. The zero-order valence-electron chi connectivity index (χ0n) is 8.87. The summed E-state index contributed by atoms with van der Waals surface area (Å²) in [6.07, 6.45) is 0. The van der Waals surface area contributed by atoms with E-state index in [4.69, 9.17) is 4.74 Å². The topological polar surface area (TPSA) is 67.9 Å². The Morgan fingerprint density at radius 3 is 3.00 bits per heavy atom. The molecule has 0 bridgehead atoms. The lowest BCUT2D eigenvalue weighted by molar-refractivity contribution is 0.0513. The third kappa shape index (κ3) is 1.92. The van der Waals surface area contributed by atoms with E-state index < -0.39 is 5.97 Å². The second-order valence-electron chi connectivity index (χ2n) is 3.23. The first-order chi connectivity index (χ1) is 7.61. The number of nitrogens with zero attached hydrogens (tertiary/aromatic N) is 2. The molecule has 0 radical (unpaired) electrons. The van der Waals surface area contributed by atoms with E-state index in [0.29, 0.717) is 17.8 Å². The van der Waals surface area contributed by atoms with Gasteiger partial charge in [0.15, 0.2) is 5.65 Å². The van der Waals surface area contributed by atoms with Gasteiger partial charge in [0, 0.05) is 4.47 Å². The highest BCUT2D eigenvalue weighted by atomic mass is 79.9. The maximum Gasteiger partial charge on any atom is 0.374 e. The molecule has 2 aromatic heterocycles. The number of carbonyl (C=O) groups excluding carboxylic acids is 1. The molecule has 0 atom stereocenters. The zero-order valence-corrected chi connectivity index (χ0v) is 10.5. The standard InChI is InChI=1S/C10H10BrN3O2/c1-3-16-10(15)9-13-7-4-6(11)5(2)12-8(7)14-9/h4H,3H2,1-2H3,(H,12,13,14). The van der Waals surface area contributed by atoms with Gasteiger partial charge in [-0.15, -0.1) is 0 Å². The van der Waals surface area contributed by atoms with E-state index in [1.165, 1.54) is 0 Å². The van der Waals surface area contributed by atoms with Gasteiger partial charge in [-0.05, 0) is 35.8 Å². The van der Waals surface area contributed by atoms with Crippen LogP contribution in [0.25, 0.3) is 11.2 Å². The van der Waals surface area contributed by atoms with Crippen LogP contribution in [0.3, 0.4) is 0 Å². The number of aryl methyl sites for hydroxylation is 1. The Morgan fingerprint density at radius 2 is 2.31 bits per heavy atom. The highest BCUT2D eigenvalue weighted by Crippen LogP contribution is 2.19. The average molecular weight is 284 g/mol. The van der Waals surface area contributed by atoms with Crippen LogP contribution < -0.4 is 0 Å². The first-order valence-electron chi connectivity index (χ1n) is 4.81. The third-order valence-electron chi connectivity index (χ3n) is 2.07. The Kier molecular flexibility index (Phi) is 2.91. The molecule has 0 amide bonds. The second-order valence-corrected chi connectivity index (χ2v) is 4.09. The summed E-state index contributed by atoms with van der Waals surface area (Å²) in [4.78, 5) is 22.6. The smallest absolute Gasteiger partial charge is 0.374 e.